The Hall–Kier alpha value is -4.94. The van der Waals surface area contributed by atoms with Crippen molar-refractivity contribution in [2.45, 2.75) is 6.92 Å². The minimum absolute atomic E-state index is 0.0344. The molecule has 0 aliphatic heterocycles. The number of nitrogens with one attached hydrogen (secondary N) is 2. The van der Waals surface area contributed by atoms with Gasteiger partial charge in [0.05, 0.1) is 6.61 Å². The quantitative estimate of drug-likeness (QED) is 0.164. The lowest BCUT2D eigenvalue weighted by Gasteiger charge is -2.12. The molecule has 0 aromatic heterocycles. The number of anilines is 1. The summed E-state index contributed by atoms with van der Waals surface area (Å²) in [5, 5.41) is 5.97. The zero-order valence-corrected chi connectivity index (χ0v) is 22.5. The van der Waals surface area contributed by atoms with Crippen LogP contribution in [0.25, 0.3) is 12.2 Å². The summed E-state index contributed by atoms with van der Waals surface area (Å²) in [6.45, 7) is 2.43. The van der Waals surface area contributed by atoms with E-state index >= 15 is 0 Å². The van der Waals surface area contributed by atoms with Gasteiger partial charge >= 0.3 is 0 Å². The minimum atomic E-state index is -0.532. The Labute approximate surface area is 238 Å². The van der Waals surface area contributed by atoms with Crippen LogP contribution < -0.4 is 15.4 Å². The lowest BCUT2D eigenvalue weighted by molar-refractivity contribution is -0.113. The number of hydrogen-bond acceptors (Lipinski definition) is 4. The van der Waals surface area contributed by atoms with Crippen LogP contribution >= 0.6 is 11.6 Å². The maximum Gasteiger partial charge on any atom is 0.272 e. The highest BCUT2D eigenvalue weighted by Crippen LogP contribution is 2.20. The number of ether oxygens (including phenoxy) is 1. The first-order chi connectivity index (χ1) is 19.4. The van der Waals surface area contributed by atoms with Gasteiger partial charge in [0.15, 0.2) is 5.78 Å². The normalized spacial score (nSPS) is 11.2. The third kappa shape index (κ3) is 7.79. The van der Waals surface area contributed by atoms with Crippen molar-refractivity contribution in [2.24, 2.45) is 0 Å². The molecule has 40 heavy (non-hydrogen) atoms. The first-order valence-corrected chi connectivity index (χ1v) is 13.0. The van der Waals surface area contributed by atoms with E-state index in [1.165, 1.54) is 6.08 Å². The van der Waals surface area contributed by atoms with Gasteiger partial charge in [0, 0.05) is 27.4 Å². The van der Waals surface area contributed by atoms with Crippen molar-refractivity contribution in [1.82, 2.24) is 5.32 Å². The van der Waals surface area contributed by atoms with E-state index in [1.54, 1.807) is 91.0 Å². The van der Waals surface area contributed by atoms with Crippen molar-refractivity contribution >= 4 is 47.0 Å². The molecule has 7 heteroatoms. The summed E-state index contributed by atoms with van der Waals surface area (Å²) in [5.74, 6) is -0.452. The number of ketones is 1. The van der Waals surface area contributed by atoms with E-state index in [0.717, 1.165) is 5.56 Å². The number of amides is 2. The van der Waals surface area contributed by atoms with E-state index in [1.807, 2.05) is 31.2 Å². The molecule has 4 aromatic carbocycles. The molecule has 6 nitrogen and oxygen atoms in total. The second kappa shape index (κ2) is 13.7. The van der Waals surface area contributed by atoms with E-state index in [2.05, 4.69) is 10.6 Å². The zero-order chi connectivity index (χ0) is 28.3. The van der Waals surface area contributed by atoms with Crippen LogP contribution in [-0.4, -0.2) is 24.2 Å². The van der Waals surface area contributed by atoms with Crippen LogP contribution in [0, 0.1) is 0 Å². The Bertz CT molecular complexity index is 1560. The van der Waals surface area contributed by atoms with Crippen LogP contribution in [-0.2, 0) is 4.79 Å². The molecular weight excluding hydrogens is 524 g/mol. The fraction of sp³-hybridized carbons (Fsp3) is 0.0606. The topological polar surface area (TPSA) is 84.5 Å². The number of hydrogen-bond donors (Lipinski definition) is 2. The molecule has 4 aromatic rings. The van der Waals surface area contributed by atoms with Crippen molar-refractivity contribution in [3.63, 3.8) is 0 Å². The molecule has 0 atom stereocenters. The molecule has 2 N–H and O–H groups in total. The number of benzene rings is 4. The van der Waals surface area contributed by atoms with Gasteiger partial charge in [0.1, 0.15) is 11.4 Å². The third-order valence-corrected chi connectivity index (χ3v) is 5.98. The molecule has 0 saturated heterocycles. The molecule has 0 bridgehead atoms. The second-order valence-corrected chi connectivity index (χ2v) is 9.07. The first kappa shape index (κ1) is 28.1. The molecule has 0 aliphatic rings. The Balaban J connectivity index is 1.49. The molecule has 2 amide bonds. The Kier molecular flexibility index (Phi) is 9.64. The van der Waals surface area contributed by atoms with Gasteiger partial charge in [-0.15, -0.1) is 0 Å². The van der Waals surface area contributed by atoms with Gasteiger partial charge in [0.2, 0.25) is 0 Å². The summed E-state index contributed by atoms with van der Waals surface area (Å²) in [6.07, 6.45) is 4.74. The summed E-state index contributed by atoms with van der Waals surface area (Å²) in [6, 6.07) is 29.5. The predicted octanol–water partition coefficient (Wildman–Crippen LogP) is 7.04. The first-order valence-electron chi connectivity index (χ1n) is 12.6. The predicted molar refractivity (Wildman–Crippen MR) is 159 cm³/mol. The lowest BCUT2D eigenvalue weighted by Crippen LogP contribution is -2.30. The van der Waals surface area contributed by atoms with Gasteiger partial charge in [-0.1, -0.05) is 60.1 Å². The van der Waals surface area contributed by atoms with Gasteiger partial charge in [-0.3, -0.25) is 14.4 Å². The second-order valence-electron chi connectivity index (χ2n) is 8.63. The molecule has 0 aliphatic carbocycles. The van der Waals surface area contributed by atoms with Gasteiger partial charge in [0.25, 0.3) is 11.8 Å². The van der Waals surface area contributed by atoms with Crippen molar-refractivity contribution in [2.75, 3.05) is 11.9 Å². The van der Waals surface area contributed by atoms with Crippen molar-refractivity contribution in [3.05, 3.63) is 142 Å². The monoisotopic (exact) mass is 550 g/mol. The van der Waals surface area contributed by atoms with Crippen molar-refractivity contribution < 1.29 is 19.1 Å². The highest BCUT2D eigenvalue weighted by Gasteiger charge is 2.15. The van der Waals surface area contributed by atoms with E-state index in [9.17, 15) is 14.4 Å². The summed E-state index contributed by atoms with van der Waals surface area (Å²) < 4.78 is 5.60. The van der Waals surface area contributed by atoms with Crippen molar-refractivity contribution in [3.8, 4) is 5.75 Å². The largest absolute Gasteiger partial charge is 0.493 e. The third-order valence-electron chi connectivity index (χ3n) is 5.75. The highest BCUT2D eigenvalue weighted by molar-refractivity contribution is 6.30. The average molecular weight is 551 g/mol. The summed E-state index contributed by atoms with van der Waals surface area (Å²) in [5.41, 5.74) is 2.80. The summed E-state index contributed by atoms with van der Waals surface area (Å²) >= 11 is 6.10. The number of para-hydroxylation sites is 1. The van der Waals surface area contributed by atoms with Crippen LogP contribution in [0.2, 0.25) is 5.02 Å². The fourth-order valence-electron chi connectivity index (χ4n) is 3.79. The van der Waals surface area contributed by atoms with Crippen LogP contribution in [0.3, 0.4) is 0 Å². The maximum atomic E-state index is 13.2. The Morgan fingerprint density at radius 1 is 0.825 bits per heavy atom. The van der Waals surface area contributed by atoms with E-state index in [4.69, 9.17) is 16.3 Å². The van der Waals surface area contributed by atoms with Crippen LogP contribution in [0.1, 0.15) is 38.8 Å². The molecule has 0 unspecified atom stereocenters. The van der Waals surface area contributed by atoms with E-state index in [-0.39, 0.29) is 11.5 Å². The molecular formula is C33H27ClN2O4. The SMILES string of the molecule is CCOc1ccccc1/C=C/C(=O)c1ccc(NC(=O)/C(=C/c2cccc(Cl)c2)NC(=O)c2ccccc2)cc1. The lowest BCUT2D eigenvalue weighted by atomic mass is 10.1. The fourth-order valence-corrected chi connectivity index (χ4v) is 3.99. The molecule has 0 saturated carbocycles. The standard InChI is InChI=1S/C33H27ClN2O4/c1-2-40-31-14-7-6-10-25(31)17-20-30(37)24-15-18-28(19-16-24)35-33(39)29(22-23-9-8-13-27(34)21-23)36-32(38)26-11-4-3-5-12-26/h3-22H,2H2,1H3,(H,35,39)(H,36,38)/b20-17+,29-22-. The number of carbonyl (C=O) groups is 3. The molecule has 0 spiro atoms. The van der Waals surface area contributed by atoms with Crippen LogP contribution in [0.15, 0.2) is 115 Å². The van der Waals surface area contributed by atoms with Crippen molar-refractivity contribution in [1.29, 1.82) is 0 Å². The van der Waals surface area contributed by atoms with Gasteiger partial charge in [-0.2, -0.15) is 0 Å². The van der Waals surface area contributed by atoms with E-state index in [0.29, 0.717) is 39.8 Å². The average Bonchev–Trinajstić information content (AvgIpc) is 2.97. The molecule has 200 valence electrons. The van der Waals surface area contributed by atoms with Crippen LogP contribution in [0.5, 0.6) is 5.75 Å². The summed E-state index contributed by atoms with van der Waals surface area (Å²) in [7, 11) is 0. The number of allylic oxidation sites excluding steroid dienone is 1. The van der Waals surface area contributed by atoms with Crippen LogP contribution in [0.4, 0.5) is 5.69 Å². The minimum Gasteiger partial charge on any atom is -0.493 e. The molecule has 0 radical (unpaired) electrons. The Morgan fingerprint density at radius 3 is 2.27 bits per heavy atom. The van der Waals surface area contributed by atoms with Gasteiger partial charge in [-0.25, -0.2) is 0 Å². The molecule has 0 heterocycles. The maximum absolute atomic E-state index is 13.2. The number of carbonyl (C=O) groups excluding carboxylic acids is 3. The zero-order valence-electron chi connectivity index (χ0n) is 21.8. The highest BCUT2D eigenvalue weighted by atomic mass is 35.5. The Morgan fingerprint density at radius 2 is 1.55 bits per heavy atom. The smallest absolute Gasteiger partial charge is 0.272 e. The molecule has 0 fully saturated rings. The number of rotatable bonds is 10. The van der Waals surface area contributed by atoms with Gasteiger partial charge in [-0.05, 0) is 85.3 Å². The number of halogens is 1. The summed E-state index contributed by atoms with van der Waals surface area (Å²) in [4.78, 5) is 38.7. The van der Waals surface area contributed by atoms with E-state index < -0.39 is 11.8 Å². The van der Waals surface area contributed by atoms with Gasteiger partial charge < -0.3 is 15.4 Å². The molecule has 4 rings (SSSR count).